The van der Waals surface area contributed by atoms with Crippen LogP contribution in [0.1, 0.15) is 33.1 Å². The predicted octanol–water partition coefficient (Wildman–Crippen LogP) is 1.63. The van der Waals surface area contributed by atoms with Gasteiger partial charge in [0.1, 0.15) is 6.54 Å². The lowest BCUT2D eigenvalue weighted by Crippen LogP contribution is -2.48. The summed E-state index contributed by atoms with van der Waals surface area (Å²) in [7, 11) is 0. The van der Waals surface area contributed by atoms with Gasteiger partial charge in [-0.05, 0) is 25.2 Å². The molecule has 17 heavy (non-hydrogen) atoms. The first-order valence-corrected chi connectivity index (χ1v) is 6.26. The summed E-state index contributed by atoms with van der Waals surface area (Å²) in [5.41, 5.74) is 0. The number of hydrogen-bond donors (Lipinski definition) is 1. The van der Waals surface area contributed by atoms with E-state index in [1.807, 2.05) is 13.8 Å². The standard InChI is InChI=1S/C12H22N2O3/c1-10(2)8-14(9-11(15)16)12(17)13-6-4-3-5-7-13/h10H,3-9H2,1-2H3,(H,15,16). The zero-order chi connectivity index (χ0) is 12.8. The van der Waals surface area contributed by atoms with Crippen molar-refractivity contribution in [2.75, 3.05) is 26.2 Å². The van der Waals surface area contributed by atoms with Crippen LogP contribution < -0.4 is 0 Å². The molecular formula is C12H22N2O3. The average molecular weight is 242 g/mol. The Bertz CT molecular complexity index is 273. The highest BCUT2D eigenvalue weighted by atomic mass is 16.4. The normalized spacial score (nSPS) is 16.1. The molecule has 1 aliphatic rings. The molecule has 0 aliphatic carbocycles. The number of carbonyl (C=O) groups excluding carboxylic acids is 1. The highest BCUT2D eigenvalue weighted by molar-refractivity contribution is 5.80. The first-order chi connectivity index (χ1) is 8.00. The monoisotopic (exact) mass is 242 g/mol. The molecule has 0 radical (unpaired) electrons. The van der Waals surface area contributed by atoms with E-state index < -0.39 is 5.97 Å². The molecule has 5 heteroatoms. The summed E-state index contributed by atoms with van der Waals surface area (Å²) < 4.78 is 0. The number of carboxylic acid groups (broad SMARTS) is 1. The number of carbonyl (C=O) groups is 2. The predicted molar refractivity (Wildman–Crippen MR) is 64.9 cm³/mol. The highest BCUT2D eigenvalue weighted by Crippen LogP contribution is 2.12. The molecule has 0 aromatic heterocycles. The second-order valence-corrected chi connectivity index (χ2v) is 5.00. The maximum Gasteiger partial charge on any atom is 0.323 e. The van der Waals surface area contributed by atoms with Crippen LogP contribution in [0.25, 0.3) is 0 Å². The zero-order valence-electron chi connectivity index (χ0n) is 10.7. The Morgan fingerprint density at radius 3 is 2.29 bits per heavy atom. The summed E-state index contributed by atoms with van der Waals surface area (Å²) in [5.74, 6) is -0.667. The van der Waals surface area contributed by atoms with Gasteiger partial charge in [-0.25, -0.2) is 4.79 Å². The average Bonchev–Trinajstić information content (AvgIpc) is 2.27. The minimum absolute atomic E-state index is 0.124. The second kappa shape index (κ2) is 6.47. The van der Waals surface area contributed by atoms with E-state index in [1.54, 1.807) is 4.90 Å². The Balaban J connectivity index is 2.60. The van der Waals surface area contributed by atoms with Crippen molar-refractivity contribution < 1.29 is 14.7 Å². The molecule has 1 aliphatic heterocycles. The lowest BCUT2D eigenvalue weighted by Gasteiger charge is -2.33. The van der Waals surface area contributed by atoms with Gasteiger partial charge in [-0.15, -0.1) is 0 Å². The van der Waals surface area contributed by atoms with Crippen LogP contribution in [0, 0.1) is 5.92 Å². The van der Waals surface area contributed by atoms with Crippen LogP contribution in [0.5, 0.6) is 0 Å². The summed E-state index contributed by atoms with van der Waals surface area (Å²) in [5, 5.41) is 8.83. The smallest absolute Gasteiger partial charge is 0.323 e. The van der Waals surface area contributed by atoms with E-state index in [0.717, 1.165) is 32.4 Å². The zero-order valence-corrected chi connectivity index (χ0v) is 10.7. The lowest BCUT2D eigenvalue weighted by molar-refractivity contribution is -0.137. The minimum Gasteiger partial charge on any atom is -0.480 e. The molecular weight excluding hydrogens is 220 g/mol. The molecule has 0 atom stereocenters. The Morgan fingerprint density at radius 2 is 1.82 bits per heavy atom. The van der Waals surface area contributed by atoms with Gasteiger partial charge in [0, 0.05) is 19.6 Å². The van der Waals surface area contributed by atoms with Crippen molar-refractivity contribution in [1.29, 1.82) is 0 Å². The molecule has 0 saturated carbocycles. The Hall–Kier alpha value is -1.26. The molecule has 1 N–H and O–H groups in total. The molecule has 0 bridgehead atoms. The lowest BCUT2D eigenvalue weighted by atomic mass is 10.1. The van der Waals surface area contributed by atoms with E-state index in [2.05, 4.69) is 0 Å². The quantitative estimate of drug-likeness (QED) is 0.815. The summed E-state index contributed by atoms with van der Waals surface area (Å²) in [6.07, 6.45) is 3.20. The topological polar surface area (TPSA) is 60.9 Å². The van der Waals surface area contributed by atoms with E-state index in [0.29, 0.717) is 6.54 Å². The van der Waals surface area contributed by atoms with Crippen LogP contribution in [0.3, 0.4) is 0 Å². The third kappa shape index (κ3) is 4.63. The molecule has 98 valence electrons. The van der Waals surface area contributed by atoms with Crippen molar-refractivity contribution in [2.45, 2.75) is 33.1 Å². The fourth-order valence-corrected chi connectivity index (χ4v) is 2.10. The van der Waals surface area contributed by atoms with Crippen molar-refractivity contribution in [3.8, 4) is 0 Å². The maximum absolute atomic E-state index is 12.2. The Kier molecular flexibility index (Phi) is 5.25. The van der Waals surface area contributed by atoms with Crippen LogP contribution in [0.4, 0.5) is 4.79 Å². The van der Waals surface area contributed by atoms with Gasteiger partial charge in [0.2, 0.25) is 0 Å². The van der Waals surface area contributed by atoms with Gasteiger partial charge in [0.15, 0.2) is 0 Å². The molecule has 0 unspecified atom stereocenters. The highest BCUT2D eigenvalue weighted by Gasteiger charge is 2.24. The molecule has 0 spiro atoms. The Labute approximate surface area is 102 Å². The maximum atomic E-state index is 12.2. The summed E-state index contributed by atoms with van der Waals surface area (Å²) in [6.45, 7) is 5.78. The van der Waals surface area contributed by atoms with Crippen LogP contribution in [-0.2, 0) is 4.79 Å². The molecule has 1 rings (SSSR count). The van der Waals surface area contributed by atoms with Crippen molar-refractivity contribution in [3.05, 3.63) is 0 Å². The SMILES string of the molecule is CC(C)CN(CC(=O)O)C(=O)N1CCCCC1. The van der Waals surface area contributed by atoms with Crippen molar-refractivity contribution >= 4 is 12.0 Å². The molecule has 1 saturated heterocycles. The Morgan fingerprint density at radius 1 is 1.24 bits per heavy atom. The largest absolute Gasteiger partial charge is 0.480 e. The van der Waals surface area contributed by atoms with E-state index in [-0.39, 0.29) is 18.5 Å². The number of piperidine rings is 1. The molecule has 1 fully saturated rings. The fourth-order valence-electron chi connectivity index (χ4n) is 2.10. The number of nitrogens with zero attached hydrogens (tertiary/aromatic N) is 2. The van der Waals surface area contributed by atoms with E-state index in [1.165, 1.54) is 4.90 Å². The van der Waals surface area contributed by atoms with Crippen LogP contribution in [0.15, 0.2) is 0 Å². The van der Waals surface area contributed by atoms with Gasteiger partial charge in [0.05, 0.1) is 0 Å². The van der Waals surface area contributed by atoms with Crippen molar-refractivity contribution in [2.24, 2.45) is 5.92 Å². The molecule has 0 aromatic carbocycles. The number of urea groups is 1. The molecule has 1 heterocycles. The fraction of sp³-hybridized carbons (Fsp3) is 0.833. The molecule has 5 nitrogen and oxygen atoms in total. The van der Waals surface area contributed by atoms with Gasteiger partial charge >= 0.3 is 12.0 Å². The van der Waals surface area contributed by atoms with Gasteiger partial charge in [-0.2, -0.15) is 0 Å². The number of carboxylic acids is 1. The van der Waals surface area contributed by atoms with Crippen molar-refractivity contribution in [3.63, 3.8) is 0 Å². The number of likely N-dealkylation sites (tertiary alicyclic amines) is 1. The van der Waals surface area contributed by atoms with Gasteiger partial charge in [-0.3, -0.25) is 4.79 Å². The summed E-state index contributed by atoms with van der Waals surface area (Å²) >= 11 is 0. The van der Waals surface area contributed by atoms with E-state index in [9.17, 15) is 9.59 Å². The molecule has 0 aromatic rings. The van der Waals surface area contributed by atoms with E-state index >= 15 is 0 Å². The van der Waals surface area contributed by atoms with Crippen LogP contribution in [-0.4, -0.2) is 53.1 Å². The number of aliphatic carboxylic acids is 1. The number of amides is 2. The first kappa shape index (κ1) is 13.8. The van der Waals surface area contributed by atoms with Crippen LogP contribution >= 0.6 is 0 Å². The summed E-state index contributed by atoms with van der Waals surface area (Å²) in [6, 6.07) is -0.124. The van der Waals surface area contributed by atoms with Gasteiger partial charge in [0.25, 0.3) is 0 Å². The second-order valence-electron chi connectivity index (χ2n) is 5.00. The number of hydrogen-bond acceptors (Lipinski definition) is 2. The third-order valence-corrected chi connectivity index (χ3v) is 2.81. The van der Waals surface area contributed by atoms with Gasteiger partial charge in [-0.1, -0.05) is 13.8 Å². The van der Waals surface area contributed by atoms with E-state index in [4.69, 9.17) is 5.11 Å². The molecule has 2 amide bonds. The van der Waals surface area contributed by atoms with Gasteiger partial charge < -0.3 is 14.9 Å². The third-order valence-electron chi connectivity index (χ3n) is 2.81. The van der Waals surface area contributed by atoms with Crippen LogP contribution in [0.2, 0.25) is 0 Å². The van der Waals surface area contributed by atoms with Crippen molar-refractivity contribution in [1.82, 2.24) is 9.80 Å². The first-order valence-electron chi connectivity index (χ1n) is 6.26. The number of rotatable bonds is 4. The summed E-state index contributed by atoms with van der Waals surface area (Å²) in [4.78, 5) is 26.1. The minimum atomic E-state index is -0.948.